The predicted octanol–water partition coefficient (Wildman–Crippen LogP) is 2.45. The fourth-order valence-corrected chi connectivity index (χ4v) is 3.46. The number of nitrogens with zero attached hydrogens (tertiary/aromatic N) is 2. The average molecular weight is 316 g/mol. The van der Waals surface area contributed by atoms with Gasteiger partial charge in [-0.2, -0.15) is 0 Å². The second-order valence-electron chi connectivity index (χ2n) is 6.59. The van der Waals surface area contributed by atoms with Gasteiger partial charge in [0.15, 0.2) is 0 Å². The Morgan fingerprint density at radius 1 is 1.13 bits per heavy atom. The standard InChI is InChI=1S/C18H24N2O3/c1-13-10-19(14(2)21)16-7-3-4-8-17(16)20(11-13)18(22)15-6-5-9-23-12-15/h3-4,7-8,13,15H,5-6,9-12H2,1-2H3. The molecule has 23 heavy (non-hydrogen) atoms. The minimum atomic E-state index is -0.0760. The van der Waals surface area contributed by atoms with E-state index in [0.717, 1.165) is 30.8 Å². The zero-order valence-corrected chi connectivity index (χ0v) is 13.8. The van der Waals surface area contributed by atoms with Crippen molar-refractivity contribution in [3.05, 3.63) is 24.3 Å². The lowest BCUT2D eigenvalue weighted by Gasteiger charge is -2.30. The third-order valence-electron chi connectivity index (χ3n) is 4.61. The van der Waals surface area contributed by atoms with E-state index in [1.165, 1.54) is 0 Å². The number of amides is 2. The molecule has 3 rings (SSSR count). The molecule has 5 nitrogen and oxygen atoms in total. The molecule has 0 N–H and O–H groups in total. The Kier molecular flexibility index (Phi) is 4.66. The molecule has 5 heteroatoms. The highest BCUT2D eigenvalue weighted by atomic mass is 16.5. The molecule has 1 aromatic rings. The first-order chi connectivity index (χ1) is 11.1. The van der Waals surface area contributed by atoms with Crippen LogP contribution in [0.15, 0.2) is 24.3 Å². The van der Waals surface area contributed by atoms with Crippen LogP contribution >= 0.6 is 0 Å². The molecule has 1 saturated heterocycles. The van der Waals surface area contributed by atoms with Crippen molar-refractivity contribution in [2.24, 2.45) is 11.8 Å². The summed E-state index contributed by atoms with van der Waals surface area (Å²) >= 11 is 0. The van der Waals surface area contributed by atoms with E-state index in [4.69, 9.17) is 4.74 Å². The summed E-state index contributed by atoms with van der Waals surface area (Å²) < 4.78 is 5.49. The molecule has 0 aromatic heterocycles. The number of carbonyl (C=O) groups is 2. The van der Waals surface area contributed by atoms with Crippen LogP contribution in [0.2, 0.25) is 0 Å². The number of rotatable bonds is 1. The fourth-order valence-electron chi connectivity index (χ4n) is 3.46. The van der Waals surface area contributed by atoms with Gasteiger partial charge >= 0.3 is 0 Å². The van der Waals surface area contributed by atoms with Gasteiger partial charge in [0.2, 0.25) is 11.8 Å². The Labute approximate surface area is 137 Å². The Morgan fingerprint density at radius 3 is 2.39 bits per heavy atom. The van der Waals surface area contributed by atoms with E-state index in [0.29, 0.717) is 19.7 Å². The number of fused-ring (bicyclic) bond motifs is 1. The lowest BCUT2D eigenvalue weighted by atomic mass is 9.99. The molecule has 0 radical (unpaired) electrons. The maximum atomic E-state index is 13.0. The van der Waals surface area contributed by atoms with Gasteiger partial charge in [-0.25, -0.2) is 0 Å². The molecule has 1 aromatic carbocycles. The number of hydrogen-bond acceptors (Lipinski definition) is 3. The van der Waals surface area contributed by atoms with Gasteiger partial charge in [0, 0.05) is 26.6 Å². The molecule has 0 aliphatic carbocycles. The van der Waals surface area contributed by atoms with Crippen molar-refractivity contribution in [3.63, 3.8) is 0 Å². The largest absolute Gasteiger partial charge is 0.381 e. The number of anilines is 2. The summed E-state index contributed by atoms with van der Waals surface area (Å²) in [6.45, 7) is 6.18. The Bertz CT molecular complexity index is 596. The summed E-state index contributed by atoms with van der Waals surface area (Å²) in [5, 5.41) is 0. The number of para-hydroxylation sites is 2. The van der Waals surface area contributed by atoms with E-state index in [2.05, 4.69) is 6.92 Å². The van der Waals surface area contributed by atoms with Gasteiger partial charge in [-0.15, -0.1) is 0 Å². The van der Waals surface area contributed by atoms with Crippen molar-refractivity contribution in [1.82, 2.24) is 0 Å². The summed E-state index contributed by atoms with van der Waals surface area (Å²) in [5.41, 5.74) is 1.66. The lowest BCUT2D eigenvalue weighted by molar-refractivity contribution is -0.126. The van der Waals surface area contributed by atoms with Gasteiger partial charge in [0.1, 0.15) is 0 Å². The first kappa shape index (κ1) is 16.0. The van der Waals surface area contributed by atoms with Crippen LogP contribution in [0, 0.1) is 11.8 Å². The molecule has 2 unspecified atom stereocenters. The van der Waals surface area contributed by atoms with Crippen molar-refractivity contribution < 1.29 is 14.3 Å². The Morgan fingerprint density at radius 2 is 1.78 bits per heavy atom. The first-order valence-corrected chi connectivity index (χ1v) is 8.34. The minimum absolute atomic E-state index is 0.0135. The maximum absolute atomic E-state index is 13.0. The van der Waals surface area contributed by atoms with Crippen molar-refractivity contribution in [1.29, 1.82) is 0 Å². The van der Waals surface area contributed by atoms with Crippen LogP contribution in [0.4, 0.5) is 11.4 Å². The highest BCUT2D eigenvalue weighted by Crippen LogP contribution is 2.35. The molecule has 2 aliphatic rings. The third-order valence-corrected chi connectivity index (χ3v) is 4.61. The van der Waals surface area contributed by atoms with Crippen molar-refractivity contribution in [2.45, 2.75) is 26.7 Å². The summed E-state index contributed by atoms with van der Waals surface area (Å²) in [6.07, 6.45) is 1.81. The number of hydrogen-bond donors (Lipinski definition) is 0. The predicted molar refractivity (Wildman–Crippen MR) is 89.5 cm³/mol. The molecule has 2 aliphatic heterocycles. The molecule has 2 heterocycles. The second kappa shape index (κ2) is 6.71. The van der Waals surface area contributed by atoms with E-state index >= 15 is 0 Å². The van der Waals surface area contributed by atoms with Crippen molar-refractivity contribution in [3.8, 4) is 0 Å². The van der Waals surface area contributed by atoms with E-state index in [9.17, 15) is 9.59 Å². The number of benzene rings is 1. The van der Waals surface area contributed by atoms with E-state index in [-0.39, 0.29) is 23.7 Å². The summed E-state index contributed by atoms with van der Waals surface area (Å²) in [4.78, 5) is 28.7. The number of ether oxygens (including phenoxy) is 1. The minimum Gasteiger partial charge on any atom is -0.381 e. The van der Waals surface area contributed by atoms with Crippen LogP contribution in [0.3, 0.4) is 0 Å². The molecule has 124 valence electrons. The van der Waals surface area contributed by atoms with Gasteiger partial charge in [0.25, 0.3) is 0 Å². The van der Waals surface area contributed by atoms with Crippen LogP contribution in [0.25, 0.3) is 0 Å². The lowest BCUT2D eigenvalue weighted by Crippen LogP contribution is -2.41. The SMILES string of the molecule is CC(=O)N1CC(C)CN(C(=O)C2CCCOC2)c2ccccc21. The van der Waals surface area contributed by atoms with Crippen molar-refractivity contribution >= 4 is 23.2 Å². The van der Waals surface area contributed by atoms with Gasteiger partial charge in [-0.05, 0) is 30.9 Å². The third kappa shape index (κ3) is 3.24. The van der Waals surface area contributed by atoms with Gasteiger partial charge in [0.05, 0.1) is 23.9 Å². The Balaban J connectivity index is 1.96. The maximum Gasteiger partial charge on any atom is 0.232 e. The first-order valence-electron chi connectivity index (χ1n) is 8.34. The van der Waals surface area contributed by atoms with Gasteiger partial charge in [-0.3, -0.25) is 9.59 Å². The molecule has 2 atom stereocenters. The normalized spacial score (nSPS) is 24.8. The topological polar surface area (TPSA) is 49.9 Å². The summed E-state index contributed by atoms with van der Waals surface area (Å²) in [7, 11) is 0. The van der Waals surface area contributed by atoms with Crippen LogP contribution in [0.5, 0.6) is 0 Å². The molecule has 0 saturated carbocycles. The zero-order valence-electron chi connectivity index (χ0n) is 13.8. The summed E-state index contributed by atoms with van der Waals surface area (Å²) in [6, 6.07) is 7.69. The molecule has 1 fully saturated rings. The molecule has 0 spiro atoms. The van der Waals surface area contributed by atoms with Gasteiger partial charge in [-0.1, -0.05) is 19.1 Å². The number of carbonyl (C=O) groups excluding carboxylic acids is 2. The zero-order chi connectivity index (χ0) is 16.4. The Hall–Kier alpha value is -1.88. The molecule has 2 amide bonds. The molecular weight excluding hydrogens is 292 g/mol. The highest BCUT2D eigenvalue weighted by Gasteiger charge is 2.33. The van der Waals surface area contributed by atoms with Crippen LogP contribution in [-0.2, 0) is 14.3 Å². The highest BCUT2D eigenvalue weighted by molar-refractivity contribution is 6.03. The fraction of sp³-hybridized carbons (Fsp3) is 0.556. The van der Waals surface area contributed by atoms with E-state index < -0.39 is 0 Å². The molecule has 0 bridgehead atoms. The van der Waals surface area contributed by atoms with E-state index in [1.807, 2.05) is 29.2 Å². The van der Waals surface area contributed by atoms with Crippen LogP contribution in [0.1, 0.15) is 26.7 Å². The quantitative estimate of drug-likeness (QED) is 0.799. The van der Waals surface area contributed by atoms with Crippen LogP contribution < -0.4 is 9.80 Å². The van der Waals surface area contributed by atoms with Gasteiger partial charge < -0.3 is 14.5 Å². The van der Waals surface area contributed by atoms with Crippen molar-refractivity contribution in [2.75, 3.05) is 36.1 Å². The second-order valence-corrected chi connectivity index (χ2v) is 6.59. The summed E-state index contributed by atoms with van der Waals surface area (Å²) in [5.74, 6) is 0.279. The average Bonchev–Trinajstić information content (AvgIpc) is 2.72. The van der Waals surface area contributed by atoms with E-state index in [1.54, 1.807) is 11.8 Å². The molecular formula is C18H24N2O3. The smallest absolute Gasteiger partial charge is 0.232 e. The monoisotopic (exact) mass is 316 g/mol. The van der Waals surface area contributed by atoms with Crippen LogP contribution in [-0.4, -0.2) is 38.1 Å².